The molecule has 0 aliphatic carbocycles. The van der Waals surface area contributed by atoms with E-state index >= 15 is 0 Å². The maximum Gasteiger partial charge on any atom is 0.282 e. The zero-order valence-corrected chi connectivity index (χ0v) is 16.5. The predicted octanol–water partition coefficient (Wildman–Crippen LogP) is 5.32. The molecule has 3 aromatic carbocycles. The van der Waals surface area contributed by atoms with Crippen LogP contribution in [0, 0.1) is 18.6 Å². The fourth-order valence-electron chi connectivity index (χ4n) is 3.19. The van der Waals surface area contributed by atoms with Gasteiger partial charge in [-0.3, -0.25) is 9.59 Å². The van der Waals surface area contributed by atoms with Gasteiger partial charge in [-0.05, 0) is 48.9 Å². The maximum atomic E-state index is 14.4. The van der Waals surface area contributed by atoms with Crippen LogP contribution in [0.2, 0.25) is 5.02 Å². The minimum absolute atomic E-state index is 0.00472. The van der Waals surface area contributed by atoms with Gasteiger partial charge in [0.25, 0.3) is 11.8 Å². The van der Waals surface area contributed by atoms with Crippen LogP contribution in [0.25, 0.3) is 5.57 Å². The number of nitrogens with one attached hydrogen (secondary N) is 1. The van der Waals surface area contributed by atoms with Gasteiger partial charge in [0, 0.05) is 16.8 Å². The molecule has 7 heteroatoms. The highest BCUT2D eigenvalue weighted by molar-refractivity contribution is 6.46. The van der Waals surface area contributed by atoms with Crippen molar-refractivity contribution in [2.24, 2.45) is 0 Å². The van der Waals surface area contributed by atoms with Gasteiger partial charge in [-0.1, -0.05) is 41.4 Å². The van der Waals surface area contributed by atoms with Crippen molar-refractivity contribution >= 4 is 40.4 Å². The average molecular weight is 425 g/mol. The third-order valence-electron chi connectivity index (χ3n) is 4.69. The number of halogens is 3. The molecule has 0 aromatic heterocycles. The number of anilines is 2. The summed E-state index contributed by atoms with van der Waals surface area (Å²) in [5.41, 5.74) is 1.80. The summed E-state index contributed by atoms with van der Waals surface area (Å²) in [4.78, 5) is 27.1. The molecule has 2 amide bonds. The van der Waals surface area contributed by atoms with Crippen LogP contribution < -0.4 is 10.2 Å². The number of hydrogen-bond donors (Lipinski definition) is 1. The number of hydrogen-bond acceptors (Lipinski definition) is 3. The first-order chi connectivity index (χ1) is 14.3. The van der Waals surface area contributed by atoms with Gasteiger partial charge in [0.15, 0.2) is 0 Å². The van der Waals surface area contributed by atoms with Crippen molar-refractivity contribution in [2.45, 2.75) is 6.92 Å². The quantitative estimate of drug-likeness (QED) is 0.576. The largest absolute Gasteiger partial charge is 0.350 e. The first-order valence-corrected chi connectivity index (χ1v) is 9.40. The summed E-state index contributed by atoms with van der Waals surface area (Å²) in [6.45, 7) is 1.92. The van der Waals surface area contributed by atoms with E-state index in [1.807, 2.05) is 19.1 Å². The first-order valence-electron chi connectivity index (χ1n) is 9.03. The van der Waals surface area contributed by atoms with Crippen molar-refractivity contribution in [1.29, 1.82) is 0 Å². The lowest BCUT2D eigenvalue weighted by Gasteiger charge is -2.16. The SMILES string of the molecule is Cc1ccc(NC2=C(c3ccc(Cl)cc3)C(=O)N(c3ccc(F)cc3F)C2=O)cc1. The van der Waals surface area contributed by atoms with Gasteiger partial charge < -0.3 is 5.32 Å². The molecule has 0 saturated heterocycles. The van der Waals surface area contributed by atoms with Crippen molar-refractivity contribution in [3.05, 3.63) is 100 Å². The summed E-state index contributed by atoms with van der Waals surface area (Å²) >= 11 is 5.95. The Morgan fingerprint density at radius 2 is 1.53 bits per heavy atom. The number of carbonyl (C=O) groups is 2. The lowest BCUT2D eigenvalue weighted by atomic mass is 10.0. The molecule has 150 valence electrons. The standard InChI is InChI=1S/C23H15ClF2N2O2/c1-13-2-9-17(10-3-13)27-21-20(14-4-6-15(24)7-5-14)22(29)28(23(21)30)19-11-8-16(25)12-18(19)26/h2-12,27H,1H3. The van der Waals surface area contributed by atoms with Gasteiger partial charge in [-0.15, -0.1) is 0 Å². The van der Waals surface area contributed by atoms with E-state index in [0.29, 0.717) is 27.2 Å². The summed E-state index contributed by atoms with van der Waals surface area (Å²) in [6, 6.07) is 16.3. The Kier molecular flexibility index (Phi) is 5.10. The van der Waals surface area contributed by atoms with Gasteiger partial charge in [-0.2, -0.15) is 0 Å². The van der Waals surface area contributed by atoms with Crippen molar-refractivity contribution in [2.75, 3.05) is 10.2 Å². The molecular formula is C23H15ClF2N2O2. The van der Waals surface area contributed by atoms with Gasteiger partial charge >= 0.3 is 0 Å². The van der Waals surface area contributed by atoms with Crippen molar-refractivity contribution in [1.82, 2.24) is 0 Å². The summed E-state index contributed by atoms with van der Waals surface area (Å²) in [6.07, 6.45) is 0. The highest BCUT2D eigenvalue weighted by Crippen LogP contribution is 2.35. The number of amides is 2. The number of benzene rings is 3. The zero-order chi connectivity index (χ0) is 21.4. The molecular weight excluding hydrogens is 410 g/mol. The lowest BCUT2D eigenvalue weighted by molar-refractivity contribution is -0.120. The molecule has 0 radical (unpaired) electrons. The highest BCUT2D eigenvalue weighted by Gasteiger charge is 2.41. The third-order valence-corrected chi connectivity index (χ3v) is 4.94. The van der Waals surface area contributed by atoms with Crippen LogP contribution in [-0.4, -0.2) is 11.8 Å². The molecule has 1 heterocycles. The minimum atomic E-state index is -1.01. The monoisotopic (exact) mass is 424 g/mol. The first kappa shape index (κ1) is 19.8. The van der Waals surface area contributed by atoms with Crippen LogP contribution in [0.4, 0.5) is 20.2 Å². The zero-order valence-electron chi connectivity index (χ0n) is 15.7. The Bertz CT molecular complexity index is 1190. The second-order valence-corrected chi connectivity index (χ2v) is 7.23. The smallest absolute Gasteiger partial charge is 0.282 e. The van der Waals surface area contributed by atoms with E-state index < -0.39 is 23.4 Å². The van der Waals surface area contributed by atoms with Crippen LogP contribution in [0.15, 0.2) is 72.4 Å². The van der Waals surface area contributed by atoms with Crippen LogP contribution in [0.5, 0.6) is 0 Å². The summed E-state index contributed by atoms with van der Waals surface area (Å²) in [7, 11) is 0. The Labute approximate surface area is 176 Å². The molecule has 0 atom stereocenters. The second-order valence-electron chi connectivity index (χ2n) is 6.79. The maximum absolute atomic E-state index is 14.4. The molecule has 0 fully saturated rings. The molecule has 1 aliphatic heterocycles. The van der Waals surface area contributed by atoms with Crippen LogP contribution in [-0.2, 0) is 9.59 Å². The molecule has 0 unspecified atom stereocenters. The number of nitrogens with zero attached hydrogens (tertiary/aromatic N) is 1. The fourth-order valence-corrected chi connectivity index (χ4v) is 3.32. The molecule has 4 rings (SSSR count). The Morgan fingerprint density at radius 1 is 0.867 bits per heavy atom. The van der Waals surface area contributed by atoms with E-state index in [1.165, 1.54) is 0 Å². The number of rotatable bonds is 4. The Balaban J connectivity index is 1.83. The molecule has 3 aromatic rings. The van der Waals surface area contributed by atoms with Crippen molar-refractivity contribution < 1.29 is 18.4 Å². The van der Waals surface area contributed by atoms with Crippen LogP contribution in [0.1, 0.15) is 11.1 Å². The predicted molar refractivity (Wildman–Crippen MR) is 112 cm³/mol. The van der Waals surface area contributed by atoms with Crippen molar-refractivity contribution in [3.63, 3.8) is 0 Å². The van der Waals surface area contributed by atoms with Gasteiger partial charge in [0.05, 0.1) is 11.3 Å². The van der Waals surface area contributed by atoms with E-state index in [0.717, 1.165) is 17.7 Å². The number of aryl methyl sites for hydroxylation is 1. The highest BCUT2D eigenvalue weighted by atomic mass is 35.5. The minimum Gasteiger partial charge on any atom is -0.350 e. The molecule has 0 spiro atoms. The van der Waals surface area contributed by atoms with Crippen molar-refractivity contribution in [3.8, 4) is 0 Å². The van der Waals surface area contributed by atoms with Gasteiger partial charge in [0.2, 0.25) is 0 Å². The van der Waals surface area contributed by atoms with Crippen LogP contribution >= 0.6 is 11.6 Å². The number of carbonyl (C=O) groups excluding carboxylic acids is 2. The Morgan fingerprint density at radius 3 is 2.17 bits per heavy atom. The van der Waals surface area contributed by atoms with E-state index in [2.05, 4.69) is 5.32 Å². The fraction of sp³-hybridized carbons (Fsp3) is 0.0435. The second kappa shape index (κ2) is 7.72. The molecule has 1 aliphatic rings. The Hall–Kier alpha value is -3.51. The van der Waals surface area contributed by atoms with E-state index in [9.17, 15) is 18.4 Å². The van der Waals surface area contributed by atoms with Gasteiger partial charge in [0.1, 0.15) is 17.3 Å². The molecule has 1 N–H and O–H groups in total. The van der Waals surface area contributed by atoms with Gasteiger partial charge in [-0.25, -0.2) is 13.7 Å². The van der Waals surface area contributed by atoms with E-state index in [4.69, 9.17) is 11.6 Å². The third kappa shape index (κ3) is 3.57. The molecule has 4 nitrogen and oxygen atoms in total. The lowest BCUT2D eigenvalue weighted by Crippen LogP contribution is -2.33. The molecule has 0 saturated carbocycles. The van der Waals surface area contributed by atoms with E-state index in [1.54, 1.807) is 36.4 Å². The normalized spacial score (nSPS) is 13.9. The van der Waals surface area contributed by atoms with Crippen LogP contribution in [0.3, 0.4) is 0 Å². The summed E-state index contributed by atoms with van der Waals surface area (Å²) in [5.74, 6) is -3.28. The summed E-state index contributed by atoms with van der Waals surface area (Å²) < 4.78 is 27.7. The topological polar surface area (TPSA) is 49.4 Å². The molecule has 30 heavy (non-hydrogen) atoms. The molecule has 0 bridgehead atoms. The summed E-state index contributed by atoms with van der Waals surface area (Å²) in [5, 5.41) is 3.44. The average Bonchev–Trinajstić information content (AvgIpc) is 2.95. The van der Waals surface area contributed by atoms with E-state index in [-0.39, 0.29) is 17.0 Å². The number of imide groups is 1.